The van der Waals surface area contributed by atoms with Gasteiger partial charge in [0.2, 0.25) is 0 Å². The normalized spacial score (nSPS) is 15.2. The van der Waals surface area contributed by atoms with Gasteiger partial charge >= 0.3 is 0 Å². The third kappa shape index (κ3) is 3.97. The molecule has 5 rings (SSSR count). The number of benzene rings is 3. The highest BCUT2D eigenvalue weighted by molar-refractivity contribution is 8.27. The minimum absolute atomic E-state index is 0.125. The summed E-state index contributed by atoms with van der Waals surface area (Å²) in [5.74, 6) is -1.29. The van der Waals surface area contributed by atoms with E-state index in [4.69, 9.17) is 23.8 Å². The second-order valence-electron chi connectivity index (χ2n) is 7.40. The van der Waals surface area contributed by atoms with E-state index in [1.54, 1.807) is 30.3 Å². The van der Waals surface area contributed by atoms with Gasteiger partial charge in [0.05, 0.1) is 17.1 Å². The molecule has 1 aliphatic heterocycles. The lowest BCUT2D eigenvalue weighted by Crippen LogP contribution is -2.28. The summed E-state index contributed by atoms with van der Waals surface area (Å²) >= 11 is 12.7. The molecule has 1 aromatic heterocycles. The summed E-state index contributed by atoms with van der Waals surface area (Å²) in [6, 6.07) is 18.3. The Kier molecular flexibility index (Phi) is 5.78. The Morgan fingerprint density at radius 3 is 2.48 bits per heavy atom. The molecule has 1 fully saturated rings. The topological polar surface area (TPSA) is 25.2 Å². The summed E-state index contributed by atoms with van der Waals surface area (Å²) in [6.07, 6.45) is 3.59. The van der Waals surface area contributed by atoms with Crippen molar-refractivity contribution in [3.05, 3.63) is 106 Å². The molecule has 0 unspecified atom stereocenters. The number of hydrogen-bond donors (Lipinski definition) is 0. The molecule has 33 heavy (non-hydrogen) atoms. The van der Waals surface area contributed by atoms with Crippen molar-refractivity contribution in [3.63, 3.8) is 0 Å². The number of nitrogens with zero attached hydrogens (tertiary/aromatic N) is 2. The van der Waals surface area contributed by atoms with E-state index in [1.165, 1.54) is 23.1 Å². The Bertz CT molecular complexity index is 1440. The highest BCUT2D eigenvalue weighted by atomic mass is 35.5. The zero-order valence-corrected chi connectivity index (χ0v) is 19.4. The van der Waals surface area contributed by atoms with E-state index in [0.717, 1.165) is 28.2 Å². The maximum Gasteiger partial charge on any atom is 0.270 e. The first-order valence-electron chi connectivity index (χ1n) is 9.97. The summed E-state index contributed by atoms with van der Waals surface area (Å²) < 4.78 is 30.8. The van der Waals surface area contributed by atoms with Crippen LogP contribution in [-0.4, -0.2) is 14.8 Å². The zero-order valence-electron chi connectivity index (χ0n) is 17.0. The molecular weight excluding hydrogens is 482 g/mol. The van der Waals surface area contributed by atoms with Crippen LogP contribution in [0.5, 0.6) is 0 Å². The van der Waals surface area contributed by atoms with Crippen LogP contribution in [-0.2, 0) is 11.3 Å². The fourth-order valence-electron chi connectivity index (χ4n) is 3.82. The fraction of sp³-hybridized carbons (Fsp3) is 0.0400. The van der Waals surface area contributed by atoms with Gasteiger partial charge in [0.1, 0.15) is 11.6 Å². The molecule has 2 heterocycles. The van der Waals surface area contributed by atoms with E-state index in [0.29, 0.717) is 15.5 Å². The third-order valence-electron chi connectivity index (χ3n) is 5.38. The number of carbonyl (C=O) groups excluding carboxylic acids is 1. The largest absolute Gasteiger partial charge is 0.342 e. The molecule has 0 atom stereocenters. The molecule has 8 heteroatoms. The molecule has 164 valence electrons. The van der Waals surface area contributed by atoms with Crippen LogP contribution in [0, 0.1) is 11.6 Å². The lowest BCUT2D eigenvalue weighted by atomic mass is 10.1. The van der Waals surface area contributed by atoms with E-state index in [1.807, 2.05) is 35.0 Å². The number of carbonyl (C=O) groups is 1. The highest BCUT2D eigenvalue weighted by Gasteiger charge is 2.34. The van der Waals surface area contributed by atoms with Crippen molar-refractivity contribution < 1.29 is 13.6 Å². The van der Waals surface area contributed by atoms with Crippen molar-refractivity contribution in [2.24, 2.45) is 0 Å². The number of anilines is 1. The van der Waals surface area contributed by atoms with Crippen LogP contribution in [0.1, 0.15) is 11.1 Å². The molecule has 1 aliphatic rings. The van der Waals surface area contributed by atoms with Crippen molar-refractivity contribution in [2.45, 2.75) is 6.54 Å². The maximum absolute atomic E-state index is 14.4. The maximum atomic E-state index is 14.4. The van der Waals surface area contributed by atoms with Gasteiger partial charge in [0.25, 0.3) is 5.91 Å². The van der Waals surface area contributed by atoms with Crippen LogP contribution in [0.15, 0.2) is 77.8 Å². The molecular formula is C25H15ClF2N2OS2. The number of aromatic nitrogens is 1. The molecule has 0 saturated carbocycles. The van der Waals surface area contributed by atoms with E-state index >= 15 is 0 Å². The van der Waals surface area contributed by atoms with Gasteiger partial charge in [-0.3, -0.25) is 9.69 Å². The predicted octanol–water partition coefficient (Wildman–Crippen LogP) is 7.03. The second kappa shape index (κ2) is 8.74. The highest BCUT2D eigenvalue weighted by Crippen LogP contribution is 2.38. The molecule has 0 bridgehead atoms. The van der Waals surface area contributed by atoms with Crippen molar-refractivity contribution in [1.29, 1.82) is 0 Å². The number of halogens is 3. The smallest absolute Gasteiger partial charge is 0.270 e. The molecule has 3 nitrogen and oxygen atoms in total. The van der Waals surface area contributed by atoms with Crippen molar-refractivity contribution in [3.8, 4) is 0 Å². The van der Waals surface area contributed by atoms with Gasteiger partial charge in [-0.25, -0.2) is 8.78 Å². The number of rotatable bonds is 4. The first-order chi connectivity index (χ1) is 15.9. The Hall–Kier alpha value is -3.00. The minimum Gasteiger partial charge on any atom is -0.342 e. The number of thioether (sulfide) groups is 1. The Morgan fingerprint density at radius 2 is 1.70 bits per heavy atom. The van der Waals surface area contributed by atoms with E-state index in [9.17, 15) is 13.6 Å². The molecule has 0 N–H and O–H groups in total. The van der Waals surface area contributed by atoms with Crippen molar-refractivity contribution in [1.82, 2.24) is 4.57 Å². The van der Waals surface area contributed by atoms with E-state index in [-0.39, 0.29) is 28.3 Å². The summed E-state index contributed by atoms with van der Waals surface area (Å²) in [5, 5.41) is 1.24. The zero-order chi connectivity index (χ0) is 23.1. The standard InChI is InChI=1S/C25H15ClF2N2OS2/c26-18-7-5-9-19(27)17(18)14-29-13-15(16-6-1-3-10-21(16)29)12-23-24(31)30(25(32)33-23)22-11-4-2-8-20(22)28/h1-13H,14H2/b23-12-. The van der Waals surface area contributed by atoms with Crippen LogP contribution in [0.2, 0.25) is 5.02 Å². The molecule has 3 aromatic carbocycles. The number of para-hydroxylation sites is 2. The molecule has 0 radical (unpaired) electrons. The number of amides is 1. The van der Waals surface area contributed by atoms with Gasteiger partial charge in [-0.2, -0.15) is 0 Å². The second-order valence-corrected chi connectivity index (χ2v) is 9.48. The summed E-state index contributed by atoms with van der Waals surface area (Å²) in [5.41, 5.74) is 2.15. The van der Waals surface area contributed by atoms with Crippen LogP contribution in [0.4, 0.5) is 14.5 Å². The average molecular weight is 497 g/mol. The van der Waals surface area contributed by atoms with Crippen LogP contribution < -0.4 is 4.90 Å². The first-order valence-corrected chi connectivity index (χ1v) is 11.6. The van der Waals surface area contributed by atoms with Gasteiger partial charge in [-0.15, -0.1) is 0 Å². The fourth-order valence-corrected chi connectivity index (χ4v) is 5.32. The third-order valence-corrected chi connectivity index (χ3v) is 7.04. The lowest BCUT2D eigenvalue weighted by molar-refractivity contribution is -0.113. The van der Waals surface area contributed by atoms with Gasteiger partial charge in [0, 0.05) is 33.2 Å². The summed E-state index contributed by atoms with van der Waals surface area (Å²) in [4.78, 5) is 14.7. The molecule has 0 aliphatic carbocycles. The Balaban J connectivity index is 1.56. The van der Waals surface area contributed by atoms with Gasteiger partial charge in [-0.1, -0.05) is 72.0 Å². The molecule has 0 spiro atoms. The lowest BCUT2D eigenvalue weighted by Gasteiger charge is -2.14. The predicted molar refractivity (Wildman–Crippen MR) is 135 cm³/mol. The Labute approximate surface area is 203 Å². The van der Waals surface area contributed by atoms with Crippen molar-refractivity contribution >= 4 is 68.5 Å². The van der Waals surface area contributed by atoms with E-state index in [2.05, 4.69) is 0 Å². The molecule has 1 saturated heterocycles. The van der Waals surface area contributed by atoms with Crippen LogP contribution in [0.25, 0.3) is 17.0 Å². The quantitative estimate of drug-likeness (QED) is 0.224. The molecule has 4 aromatic rings. The number of hydrogen-bond acceptors (Lipinski definition) is 3. The molecule has 1 amide bonds. The Morgan fingerprint density at radius 1 is 0.970 bits per heavy atom. The van der Waals surface area contributed by atoms with Gasteiger partial charge < -0.3 is 4.57 Å². The summed E-state index contributed by atoms with van der Waals surface area (Å²) in [7, 11) is 0. The SMILES string of the molecule is O=C1/C(=C/c2cn(Cc3c(F)cccc3Cl)c3ccccc23)SC(=S)N1c1ccccc1F. The minimum atomic E-state index is -0.520. The summed E-state index contributed by atoms with van der Waals surface area (Å²) in [6.45, 7) is 0.232. The first kappa shape index (κ1) is 21.8. The monoisotopic (exact) mass is 496 g/mol. The number of fused-ring (bicyclic) bond motifs is 1. The van der Waals surface area contributed by atoms with Gasteiger partial charge in [-0.05, 0) is 36.4 Å². The van der Waals surface area contributed by atoms with Gasteiger partial charge in [0.15, 0.2) is 4.32 Å². The van der Waals surface area contributed by atoms with Crippen LogP contribution >= 0.6 is 35.6 Å². The van der Waals surface area contributed by atoms with Crippen molar-refractivity contribution in [2.75, 3.05) is 4.90 Å². The van der Waals surface area contributed by atoms with E-state index < -0.39 is 5.82 Å². The number of thiocarbonyl (C=S) groups is 1. The van der Waals surface area contributed by atoms with Crippen LogP contribution in [0.3, 0.4) is 0 Å². The average Bonchev–Trinajstić information content (AvgIpc) is 3.28.